The number of amides is 2. The molecule has 0 saturated carbocycles. The highest BCUT2D eigenvalue weighted by Gasteiger charge is 2.24. The molecule has 0 aromatic heterocycles. The normalized spacial score (nSPS) is 14.6. The fourth-order valence-corrected chi connectivity index (χ4v) is 2.29. The largest absolute Gasteiger partial charge is 0.339 e. The van der Waals surface area contributed by atoms with Crippen LogP contribution in [0.5, 0.6) is 0 Å². The summed E-state index contributed by atoms with van der Waals surface area (Å²) in [5, 5.41) is 10.8. The van der Waals surface area contributed by atoms with Crippen molar-refractivity contribution in [1.29, 1.82) is 0 Å². The molecule has 7 nitrogen and oxygen atoms in total. The maximum Gasteiger partial charge on any atom is 0.278 e. The molecule has 115 valence electrons. The van der Waals surface area contributed by atoms with Gasteiger partial charge in [0.15, 0.2) is 0 Å². The fraction of sp³-hybridized carbons (Fsp3) is 0.333. The van der Waals surface area contributed by atoms with Crippen LogP contribution in [0.1, 0.15) is 12.5 Å². The summed E-state index contributed by atoms with van der Waals surface area (Å²) in [6, 6.07) is 6.75. The van der Waals surface area contributed by atoms with E-state index in [4.69, 9.17) is 0 Å². The van der Waals surface area contributed by atoms with Gasteiger partial charge in [0.2, 0.25) is 5.91 Å². The van der Waals surface area contributed by atoms with Gasteiger partial charge in [0, 0.05) is 44.7 Å². The van der Waals surface area contributed by atoms with E-state index >= 15 is 0 Å². The van der Waals surface area contributed by atoms with Gasteiger partial charge in [0.25, 0.3) is 11.6 Å². The van der Waals surface area contributed by atoms with E-state index in [1.165, 1.54) is 19.1 Å². The number of carbonyl (C=O) groups is 2. The Bertz CT molecular complexity index is 633. The molecule has 0 aliphatic carbocycles. The number of benzene rings is 1. The predicted molar refractivity (Wildman–Crippen MR) is 79.8 cm³/mol. The lowest BCUT2D eigenvalue weighted by Gasteiger charge is -2.34. The lowest BCUT2D eigenvalue weighted by Crippen LogP contribution is -2.50. The van der Waals surface area contributed by atoms with Crippen LogP contribution in [0.15, 0.2) is 24.8 Å². The number of nitro benzene ring substituents is 1. The van der Waals surface area contributed by atoms with Crippen molar-refractivity contribution >= 4 is 23.1 Å². The molecule has 0 spiro atoms. The van der Waals surface area contributed by atoms with Gasteiger partial charge in [-0.1, -0.05) is 12.6 Å². The number of nitrogens with zero attached hydrogens (tertiary/aromatic N) is 3. The summed E-state index contributed by atoms with van der Waals surface area (Å²) in [6.45, 7) is 7.07. The minimum Gasteiger partial charge on any atom is -0.339 e. The number of piperazine rings is 1. The molecule has 1 aliphatic rings. The second-order valence-electron chi connectivity index (χ2n) is 5.00. The molecule has 0 bridgehead atoms. The quantitative estimate of drug-likeness (QED) is 0.475. The topological polar surface area (TPSA) is 83.8 Å². The Hall–Kier alpha value is -2.70. The molecular formula is C15H16N3O4. The lowest BCUT2D eigenvalue weighted by atomic mass is 10.1. The van der Waals surface area contributed by atoms with Crippen LogP contribution in [0.3, 0.4) is 0 Å². The van der Waals surface area contributed by atoms with Crippen molar-refractivity contribution in [2.45, 2.75) is 6.92 Å². The van der Waals surface area contributed by atoms with Crippen LogP contribution in [-0.2, 0) is 9.59 Å². The number of hydrogen-bond acceptors (Lipinski definition) is 4. The maximum absolute atomic E-state index is 12.4. The Labute approximate surface area is 128 Å². The molecule has 0 atom stereocenters. The Morgan fingerprint density at radius 3 is 2.41 bits per heavy atom. The molecule has 1 saturated heterocycles. The highest BCUT2D eigenvalue weighted by molar-refractivity contribution is 6.18. The van der Waals surface area contributed by atoms with Gasteiger partial charge in [-0.25, -0.2) is 0 Å². The van der Waals surface area contributed by atoms with Crippen molar-refractivity contribution in [2.24, 2.45) is 0 Å². The van der Waals surface area contributed by atoms with E-state index in [0.717, 1.165) is 0 Å². The number of carbonyl (C=O) groups excluding carboxylic acids is 2. The van der Waals surface area contributed by atoms with Gasteiger partial charge < -0.3 is 9.80 Å². The van der Waals surface area contributed by atoms with Crippen molar-refractivity contribution in [2.75, 3.05) is 26.2 Å². The smallest absolute Gasteiger partial charge is 0.278 e. The second kappa shape index (κ2) is 6.38. The van der Waals surface area contributed by atoms with Gasteiger partial charge in [0.05, 0.1) is 11.0 Å². The van der Waals surface area contributed by atoms with E-state index in [0.29, 0.717) is 31.7 Å². The monoisotopic (exact) mass is 302 g/mol. The second-order valence-corrected chi connectivity index (χ2v) is 5.00. The van der Waals surface area contributed by atoms with E-state index in [-0.39, 0.29) is 23.1 Å². The van der Waals surface area contributed by atoms with E-state index in [1.54, 1.807) is 15.9 Å². The molecule has 2 rings (SSSR count). The van der Waals surface area contributed by atoms with Gasteiger partial charge in [-0.3, -0.25) is 19.7 Å². The predicted octanol–water partition coefficient (Wildman–Crippen LogP) is 1.10. The zero-order valence-corrected chi connectivity index (χ0v) is 12.2. The Kier molecular flexibility index (Phi) is 4.55. The molecule has 1 radical (unpaired) electrons. The number of non-ortho nitro benzene ring substituents is 1. The van der Waals surface area contributed by atoms with Crippen LogP contribution < -0.4 is 0 Å². The van der Waals surface area contributed by atoms with Crippen molar-refractivity contribution < 1.29 is 14.5 Å². The Morgan fingerprint density at radius 2 is 1.86 bits per heavy atom. The highest BCUT2D eigenvalue weighted by atomic mass is 16.6. The van der Waals surface area contributed by atoms with Crippen LogP contribution in [0.25, 0.3) is 5.57 Å². The molecule has 0 N–H and O–H groups in total. The number of hydrogen-bond donors (Lipinski definition) is 0. The first-order valence-electron chi connectivity index (χ1n) is 6.80. The highest BCUT2D eigenvalue weighted by Crippen LogP contribution is 2.21. The molecule has 1 aromatic carbocycles. The molecule has 0 unspecified atom stereocenters. The van der Waals surface area contributed by atoms with Crippen LogP contribution in [-0.4, -0.2) is 52.7 Å². The van der Waals surface area contributed by atoms with Crippen molar-refractivity contribution in [3.05, 3.63) is 46.5 Å². The molecule has 1 fully saturated rings. The number of rotatable bonds is 3. The summed E-state index contributed by atoms with van der Waals surface area (Å²) in [6.07, 6.45) is 0. The fourth-order valence-electron chi connectivity index (χ4n) is 2.29. The minimum absolute atomic E-state index is 0.0138. The first-order chi connectivity index (χ1) is 10.4. The maximum atomic E-state index is 12.4. The third kappa shape index (κ3) is 3.30. The SMILES string of the molecule is C=C(C(=O)N1CCN(C(C)=O)CC1)c1cc[c]c([N+](=O)[O-])c1. The van der Waals surface area contributed by atoms with E-state index in [9.17, 15) is 19.7 Å². The standard InChI is InChI=1S/C15H16N3O4/c1-11(13-4-3-5-14(10-13)18(21)22)15(20)17-8-6-16(7-9-17)12(2)19/h3-4,10H,1,6-9H2,2H3. The first-order valence-corrected chi connectivity index (χ1v) is 6.80. The van der Waals surface area contributed by atoms with Gasteiger partial charge in [-0.05, 0) is 11.6 Å². The summed E-state index contributed by atoms with van der Waals surface area (Å²) < 4.78 is 0. The van der Waals surface area contributed by atoms with Crippen molar-refractivity contribution in [3.8, 4) is 0 Å². The van der Waals surface area contributed by atoms with E-state index < -0.39 is 4.92 Å². The average Bonchev–Trinajstić information content (AvgIpc) is 2.53. The van der Waals surface area contributed by atoms with Gasteiger partial charge in [-0.15, -0.1) is 0 Å². The summed E-state index contributed by atoms with van der Waals surface area (Å²) in [7, 11) is 0. The van der Waals surface area contributed by atoms with Crippen LogP contribution in [0.2, 0.25) is 0 Å². The van der Waals surface area contributed by atoms with Gasteiger partial charge in [-0.2, -0.15) is 0 Å². The van der Waals surface area contributed by atoms with Gasteiger partial charge in [0.1, 0.15) is 0 Å². The number of nitro groups is 1. The summed E-state index contributed by atoms with van der Waals surface area (Å²) in [4.78, 5) is 37.1. The minimum atomic E-state index is -0.563. The van der Waals surface area contributed by atoms with E-state index in [1.807, 2.05) is 0 Å². The van der Waals surface area contributed by atoms with Crippen LogP contribution in [0.4, 0.5) is 5.69 Å². The molecular weight excluding hydrogens is 286 g/mol. The van der Waals surface area contributed by atoms with Crippen LogP contribution in [0, 0.1) is 16.2 Å². The summed E-state index contributed by atoms with van der Waals surface area (Å²) >= 11 is 0. The third-order valence-corrected chi connectivity index (χ3v) is 3.60. The molecule has 22 heavy (non-hydrogen) atoms. The summed E-state index contributed by atoms with van der Waals surface area (Å²) in [5.74, 6) is -0.288. The van der Waals surface area contributed by atoms with Crippen molar-refractivity contribution in [3.63, 3.8) is 0 Å². The zero-order valence-electron chi connectivity index (χ0n) is 12.2. The first kappa shape index (κ1) is 15.7. The molecule has 7 heteroatoms. The Morgan fingerprint density at radius 1 is 1.27 bits per heavy atom. The zero-order chi connectivity index (χ0) is 16.3. The van der Waals surface area contributed by atoms with Crippen LogP contribution >= 0.6 is 0 Å². The Balaban J connectivity index is 2.07. The summed E-state index contributed by atoms with van der Waals surface area (Å²) in [5.41, 5.74) is 0.408. The molecule has 1 aromatic rings. The van der Waals surface area contributed by atoms with Gasteiger partial charge >= 0.3 is 0 Å². The third-order valence-electron chi connectivity index (χ3n) is 3.60. The van der Waals surface area contributed by atoms with Crippen molar-refractivity contribution in [1.82, 2.24) is 9.80 Å². The molecule has 1 heterocycles. The lowest BCUT2D eigenvalue weighted by molar-refractivity contribution is -0.385. The molecule has 1 aliphatic heterocycles. The van der Waals surface area contributed by atoms with E-state index in [2.05, 4.69) is 12.6 Å². The average molecular weight is 302 g/mol. The molecule has 2 amide bonds.